The number of amides is 2. The lowest BCUT2D eigenvalue weighted by Gasteiger charge is -2.32. The van der Waals surface area contributed by atoms with Crippen LogP contribution in [0.25, 0.3) is 0 Å². The molecule has 0 saturated carbocycles. The van der Waals surface area contributed by atoms with E-state index in [2.05, 4.69) is 5.32 Å². The van der Waals surface area contributed by atoms with Gasteiger partial charge in [-0.25, -0.2) is 8.70 Å². The van der Waals surface area contributed by atoms with E-state index in [0.29, 0.717) is 22.2 Å². The quantitative estimate of drug-likeness (QED) is 0.515. The van der Waals surface area contributed by atoms with Crippen LogP contribution in [0.5, 0.6) is 5.75 Å². The molecule has 2 aromatic rings. The van der Waals surface area contributed by atoms with E-state index in [-0.39, 0.29) is 12.2 Å². The normalized spacial score (nSPS) is 12.2. The fraction of sp³-hybridized carbons (Fsp3) is 0.391. The van der Waals surface area contributed by atoms with E-state index in [0.717, 1.165) is 10.4 Å². The lowest BCUT2D eigenvalue weighted by Crippen LogP contribution is -2.52. The van der Waals surface area contributed by atoms with Crippen LogP contribution in [-0.4, -0.2) is 69.8 Å². The van der Waals surface area contributed by atoms with Crippen molar-refractivity contribution in [3.05, 3.63) is 59.9 Å². The summed E-state index contributed by atoms with van der Waals surface area (Å²) in [6, 6.07) is 11.3. The summed E-state index contributed by atoms with van der Waals surface area (Å²) >= 11 is 0. The minimum Gasteiger partial charge on any atom is -0.497 e. The van der Waals surface area contributed by atoms with E-state index < -0.39 is 40.4 Å². The van der Waals surface area contributed by atoms with Crippen LogP contribution in [-0.2, 0) is 26.3 Å². The molecule has 1 atom stereocenters. The van der Waals surface area contributed by atoms with Gasteiger partial charge in [0.25, 0.3) is 0 Å². The molecule has 9 nitrogen and oxygen atoms in total. The summed E-state index contributed by atoms with van der Waals surface area (Å²) in [5.74, 6) is -1.22. The second kappa shape index (κ2) is 11.8. The van der Waals surface area contributed by atoms with Gasteiger partial charge in [-0.15, -0.1) is 0 Å². The Labute approximate surface area is 200 Å². The number of nitrogens with zero attached hydrogens (tertiary/aromatic N) is 3. The lowest BCUT2D eigenvalue weighted by atomic mass is 10.1. The highest BCUT2D eigenvalue weighted by Crippen LogP contribution is 2.24. The number of carbonyl (C=O) groups excluding carboxylic acids is 2. The molecular weight excluding hydrogens is 463 g/mol. The molecule has 0 fully saturated rings. The van der Waals surface area contributed by atoms with Crippen LogP contribution >= 0.6 is 0 Å². The Kier molecular flexibility index (Phi) is 9.39. The predicted octanol–water partition coefficient (Wildman–Crippen LogP) is 2.00. The van der Waals surface area contributed by atoms with E-state index in [1.165, 1.54) is 44.3 Å². The summed E-state index contributed by atoms with van der Waals surface area (Å²) < 4.78 is 47.3. The van der Waals surface area contributed by atoms with E-state index in [1.807, 2.05) is 0 Å². The molecule has 34 heavy (non-hydrogen) atoms. The molecule has 0 unspecified atom stereocenters. The van der Waals surface area contributed by atoms with Gasteiger partial charge in [0, 0.05) is 27.2 Å². The first-order chi connectivity index (χ1) is 16.0. The van der Waals surface area contributed by atoms with Crippen molar-refractivity contribution < 1.29 is 27.1 Å². The average molecular weight is 495 g/mol. The molecule has 11 heteroatoms. The van der Waals surface area contributed by atoms with Crippen molar-refractivity contribution in [2.45, 2.75) is 26.4 Å². The van der Waals surface area contributed by atoms with Gasteiger partial charge < -0.3 is 15.0 Å². The van der Waals surface area contributed by atoms with Crippen LogP contribution < -0.4 is 14.4 Å². The number of halogens is 1. The standard InChI is InChI=1S/C23H31FN4O5S/c1-6-25-23(30)17(2)27(15-18-11-13-19(33-5)14-12-18)22(29)16-28(34(31,32)26(3)4)21-10-8-7-9-20(21)24/h7-14,17H,6,15-16H2,1-5H3,(H,25,30)/t17-/m0/s1. The summed E-state index contributed by atoms with van der Waals surface area (Å²) in [5, 5.41) is 2.67. The first kappa shape index (κ1) is 27.1. The summed E-state index contributed by atoms with van der Waals surface area (Å²) in [7, 11) is -0.103. The molecular formula is C23H31FN4O5S. The predicted molar refractivity (Wildman–Crippen MR) is 128 cm³/mol. The number of benzene rings is 2. The van der Waals surface area contributed by atoms with Crippen LogP contribution in [0.2, 0.25) is 0 Å². The van der Waals surface area contributed by atoms with Gasteiger partial charge in [-0.2, -0.15) is 12.7 Å². The maximum absolute atomic E-state index is 14.6. The van der Waals surface area contributed by atoms with Crippen LogP contribution in [0.4, 0.5) is 10.1 Å². The number of likely N-dealkylation sites (N-methyl/N-ethyl adjacent to an activating group) is 1. The van der Waals surface area contributed by atoms with Crippen molar-refractivity contribution >= 4 is 27.7 Å². The zero-order valence-corrected chi connectivity index (χ0v) is 20.8. The molecule has 186 valence electrons. The van der Waals surface area contributed by atoms with Gasteiger partial charge in [0.2, 0.25) is 11.8 Å². The highest BCUT2D eigenvalue weighted by atomic mass is 32.2. The van der Waals surface area contributed by atoms with E-state index in [1.54, 1.807) is 38.1 Å². The molecule has 0 saturated heterocycles. The van der Waals surface area contributed by atoms with Gasteiger partial charge in [0.1, 0.15) is 24.2 Å². The molecule has 0 aliphatic rings. The minimum atomic E-state index is -4.22. The van der Waals surface area contributed by atoms with Gasteiger partial charge in [0.15, 0.2) is 0 Å². The van der Waals surface area contributed by atoms with Crippen molar-refractivity contribution in [2.24, 2.45) is 0 Å². The van der Waals surface area contributed by atoms with Crippen molar-refractivity contribution in [2.75, 3.05) is 38.6 Å². The number of nitrogens with one attached hydrogen (secondary N) is 1. The number of carbonyl (C=O) groups is 2. The third-order valence-electron chi connectivity index (χ3n) is 5.17. The smallest absolute Gasteiger partial charge is 0.304 e. The van der Waals surface area contributed by atoms with Crippen molar-refractivity contribution in [3.8, 4) is 5.75 Å². The Bertz CT molecular complexity index is 1090. The largest absolute Gasteiger partial charge is 0.497 e. The van der Waals surface area contributed by atoms with Crippen molar-refractivity contribution in [1.29, 1.82) is 0 Å². The molecule has 2 rings (SSSR count). The third kappa shape index (κ3) is 6.45. The topological polar surface area (TPSA) is 99.3 Å². The number of para-hydroxylation sites is 1. The third-order valence-corrected chi connectivity index (χ3v) is 6.98. The van der Waals surface area contributed by atoms with Gasteiger partial charge in [-0.3, -0.25) is 9.59 Å². The minimum absolute atomic E-state index is 0.0360. The number of rotatable bonds is 11. The van der Waals surface area contributed by atoms with Crippen LogP contribution in [0.15, 0.2) is 48.5 Å². The highest BCUT2D eigenvalue weighted by molar-refractivity contribution is 7.90. The molecule has 0 aliphatic heterocycles. The second-order valence-corrected chi connectivity index (χ2v) is 9.76. The second-order valence-electron chi connectivity index (χ2n) is 7.69. The van der Waals surface area contributed by atoms with Crippen LogP contribution in [0.1, 0.15) is 19.4 Å². The Morgan fingerprint density at radius 2 is 1.71 bits per heavy atom. The number of hydrogen-bond acceptors (Lipinski definition) is 5. The maximum Gasteiger partial charge on any atom is 0.304 e. The number of hydrogen-bond donors (Lipinski definition) is 1. The summed E-state index contributed by atoms with van der Waals surface area (Å²) in [5.41, 5.74) is 0.442. The Hall–Kier alpha value is -3.18. The average Bonchev–Trinajstić information content (AvgIpc) is 2.81. The fourth-order valence-electron chi connectivity index (χ4n) is 3.19. The van der Waals surface area contributed by atoms with E-state index >= 15 is 0 Å². The van der Waals surface area contributed by atoms with Crippen LogP contribution in [0, 0.1) is 5.82 Å². The van der Waals surface area contributed by atoms with Crippen molar-refractivity contribution in [1.82, 2.24) is 14.5 Å². The number of methoxy groups -OCH3 is 1. The molecule has 2 amide bonds. The molecule has 2 aromatic carbocycles. The molecule has 0 heterocycles. The Morgan fingerprint density at radius 1 is 1.09 bits per heavy atom. The molecule has 0 aliphatic carbocycles. The van der Waals surface area contributed by atoms with Crippen LogP contribution in [0.3, 0.4) is 0 Å². The zero-order valence-electron chi connectivity index (χ0n) is 20.0. The van der Waals surface area contributed by atoms with Gasteiger partial charge >= 0.3 is 10.2 Å². The van der Waals surface area contributed by atoms with E-state index in [9.17, 15) is 22.4 Å². The van der Waals surface area contributed by atoms with Gasteiger partial charge in [-0.05, 0) is 43.7 Å². The fourth-order valence-corrected chi connectivity index (χ4v) is 4.25. The highest BCUT2D eigenvalue weighted by Gasteiger charge is 2.33. The molecule has 0 spiro atoms. The van der Waals surface area contributed by atoms with Crippen molar-refractivity contribution in [3.63, 3.8) is 0 Å². The Balaban J connectivity index is 2.45. The number of anilines is 1. The monoisotopic (exact) mass is 494 g/mol. The summed E-state index contributed by atoms with van der Waals surface area (Å²) in [6.07, 6.45) is 0. The molecule has 0 radical (unpaired) electrons. The zero-order chi connectivity index (χ0) is 25.5. The first-order valence-corrected chi connectivity index (χ1v) is 12.1. The van der Waals surface area contributed by atoms with Gasteiger partial charge in [0.05, 0.1) is 12.8 Å². The lowest BCUT2D eigenvalue weighted by molar-refractivity contribution is -0.139. The molecule has 1 N–H and O–H groups in total. The van der Waals surface area contributed by atoms with E-state index in [4.69, 9.17) is 4.74 Å². The molecule has 0 bridgehead atoms. The summed E-state index contributed by atoms with van der Waals surface area (Å²) in [6.45, 7) is 3.02. The molecule has 0 aromatic heterocycles. The maximum atomic E-state index is 14.6. The SMILES string of the molecule is CCNC(=O)[C@H](C)N(Cc1ccc(OC)cc1)C(=O)CN(c1ccccc1F)S(=O)(=O)N(C)C. The number of ether oxygens (including phenoxy) is 1. The Morgan fingerprint density at radius 3 is 2.24 bits per heavy atom. The summed E-state index contributed by atoms with van der Waals surface area (Å²) in [4.78, 5) is 27.3. The first-order valence-electron chi connectivity index (χ1n) is 10.7. The van der Waals surface area contributed by atoms with Gasteiger partial charge in [-0.1, -0.05) is 24.3 Å².